The Morgan fingerprint density at radius 1 is 1.19 bits per heavy atom. The summed E-state index contributed by atoms with van der Waals surface area (Å²) < 4.78 is 19.0. The van der Waals surface area contributed by atoms with Crippen molar-refractivity contribution in [1.82, 2.24) is 15.0 Å². The standard InChI is InChI=1S/C22H24FN3O/c1-2-20(16-8-4-3-5-9-16)26-13-7-11-18(15-26)22-24-21(25-27-22)17-10-6-12-19(23)14-17/h3-6,8-10,12,14,18,20H,2,7,11,13,15H2,1H3. The smallest absolute Gasteiger partial charge is 0.231 e. The topological polar surface area (TPSA) is 42.2 Å². The predicted molar refractivity (Wildman–Crippen MR) is 103 cm³/mol. The van der Waals surface area contributed by atoms with Crippen LogP contribution < -0.4 is 0 Å². The van der Waals surface area contributed by atoms with E-state index in [1.807, 2.05) is 0 Å². The number of nitrogens with zero attached hydrogens (tertiary/aromatic N) is 3. The molecule has 0 amide bonds. The number of hydrogen-bond acceptors (Lipinski definition) is 4. The van der Waals surface area contributed by atoms with Gasteiger partial charge in [-0.2, -0.15) is 4.98 Å². The van der Waals surface area contributed by atoms with Crippen LogP contribution in [0.15, 0.2) is 59.1 Å². The second-order valence-electron chi connectivity index (χ2n) is 7.14. The van der Waals surface area contributed by atoms with Gasteiger partial charge in [0, 0.05) is 18.2 Å². The summed E-state index contributed by atoms with van der Waals surface area (Å²) in [5.41, 5.74) is 2.00. The summed E-state index contributed by atoms with van der Waals surface area (Å²) in [6.45, 7) is 4.21. The van der Waals surface area contributed by atoms with Gasteiger partial charge in [-0.1, -0.05) is 54.5 Å². The van der Waals surface area contributed by atoms with Gasteiger partial charge in [0.1, 0.15) is 5.82 Å². The maximum Gasteiger partial charge on any atom is 0.231 e. The average molecular weight is 365 g/mol. The molecular weight excluding hydrogens is 341 g/mol. The van der Waals surface area contributed by atoms with Crippen LogP contribution in [0.4, 0.5) is 4.39 Å². The molecule has 1 fully saturated rings. The molecule has 1 aromatic heterocycles. The highest BCUT2D eigenvalue weighted by atomic mass is 19.1. The van der Waals surface area contributed by atoms with E-state index in [4.69, 9.17) is 4.52 Å². The first-order chi connectivity index (χ1) is 13.2. The monoisotopic (exact) mass is 365 g/mol. The lowest BCUT2D eigenvalue weighted by Crippen LogP contribution is -2.37. The maximum absolute atomic E-state index is 13.5. The minimum absolute atomic E-state index is 0.214. The van der Waals surface area contributed by atoms with Crippen molar-refractivity contribution in [1.29, 1.82) is 0 Å². The van der Waals surface area contributed by atoms with E-state index in [2.05, 4.69) is 52.3 Å². The van der Waals surface area contributed by atoms with Crippen molar-refractivity contribution in [3.8, 4) is 11.4 Å². The molecule has 0 N–H and O–H groups in total. The molecule has 1 aliphatic heterocycles. The van der Waals surface area contributed by atoms with Crippen LogP contribution in [-0.2, 0) is 0 Å². The van der Waals surface area contributed by atoms with Crippen molar-refractivity contribution in [2.75, 3.05) is 13.1 Å². The predicted octanol–water partition coefficient (Wildman–Crippen LogP) is 5.21. The van der Waals surface area contributed by atoms with Crippen LogP contribution in [0.1, 0.15) is 49.6 Å². The highest BCUT2D eigenvalue weighted by Gasteiger charge is 2.30. The minimum Gasteiger partial charge on any atom is -0.339 e. The summed E-state index contributed by atoms with van der Waals surface area (Å²) in [5.74, 6) is 1.03. The number of rotatable bonds is 5. The van der Waals surface area contributed by atoms with Crippen molar-refractivity contribution in [3.05, 3.63) is 71.9 Å². The molecule has 1 aliphatic rings. The Kier molecular flexibility index (Phi) is 5.30. The van der Waals surface area contributed by atoms with Crippen molar-refractivity contribution in [3.63, 3.8) is 0 Å². The molecule has 0 bridgehead atoms. The van der Waals surface area contributed by atoms with Crippen LogP contribution >= 0.6 is 0 Å². The summed E-state index contributed by atoms with van der Waals surface area (Å²) in [7, 11) is 0. The molecule has 2 unspecified atom stereocenters. The Balaban J connectivity index is 1.52. The van der Waals surface area contributed by atoms with Gasteiger partial charge in [0.15, 0.2) is 0 Å². The number of benzene rings is 2. The largest absolute Gasteiger partial charge is 0.339 e. The molecule has 2 atom stereocenters. The molecule has 1 saturated heterocycles. The van der Waals surface area contributed by atoms with Crippen LogP contribution in [0, 0.1) is 5.82 Å². The van der Waals surface area contributed by atoms with E-state index in [0.717, 1.165) is 32.4 Å². The van der Waals surface area contributed by atoms with Gasteiger partial charge in [-0.15, -0.1) is 0 Å². The third-order valence-corrected chi connectivity index (χ3v) is 5.34. The quantitative estimate of drug-likeness (QED) is 0.623. The fraction of sp³-hybridized carbons (Fsp3) is 0.364. The normalized spacial score (nSPS) is 19.1. The van der Waals surface area contributed by atoms with Gasteiger partial charge < -0.3 is 4.52 Å². The van der Waals surface area contributed by atoms with Crippen molar-refractivity contribution in [2.45, 2.75) is 38.1 Å². The Bertz CT molecular complexity index is 880. The molecule has 0 saturated carbocycles. The number of hydrogen-bond donors (Lipinski definition) is 0. The molecule has 0 aliphatic carbocycles. The van der Waals surface area contributed by atoms with Gasteiger partial charge >= 0.3 is 0 Å². The molecule has 27 heavy (non-hydrogen) atoms. The molecule has 140 valence electrons. The third kappa shape index (κ3) is 3.93. The Morgan fingerprint density at radius 3 is 2.81 bits per heavy atom. The van der Waals surface area contributed by atoms with Crippen LogP contribution in [0.3, 0.4) is 0 Å². The lowest BCUT2D eigenvalue weighted by atomic mass is 9.93. The summed E-state index contributed by atoms with van der Waals surface area (Å²) >= 11 is 0. The van der Waals surface area contributed by atoms with Gasteiger partial charge in [0.2, 0.25) is 11.7 Å². The molecule has 0 radical (unpaired) electrons. The van der Waals surface area contributed by atoms with Gasteiger partial charge in [0.05, 0.1) is 5.92 Å². The summed E-state index contributed by atoms with van der Waals surface area (Å²) in [6.07, 6.45) is 3.20. The SMILES string of the molecule is CCC(c1ccccc1)N1CCCC(c2nc(-c3cccc(F)c3)no2)C1. The zero-order chi connectivity index (χ0) is 18.6. The summed E-state index contributed by atoms with van der Waals surface area (Å²) in [4.78, 5) is 7.09. The first-order valence-corrected chi connectivity index (χ1v) is 9.63. The van der Waals surface area contributed by atoms with Gasteiger partial charge in [-0.05, 0) is 43.5 Å². The minimum atomic E-state index is -0.295. The molecule has 2 aromatic carbocycles. The Morgan fingerprint density at radius 2 is 2.04 bits per heavy atom. The first-order valence-electron chi connectivity index (χ1n) is 9.63. The van der Waals surface area contributed by atoms with E-state index >= 15 is 0 Å². The Hall–Kier alpha value is -2.53. The van der Waals surface area contributed by atoms with E-state index in [1.165, 1.54) is 17.7 Å². The third-order valence-electron chi connectivity index (χ3n) is 5.34. The molecule has 4 nitrogen and oxygen atoms in total. The highest BCUT2D eigenvalue weighted by molar-refractivity contribution is 5.53. The zero-order valence-corrected chi connectivity index (χ0v) is 15.5. The van der Waals surface area contributed by atoms with Crippen molar-refractivity contribution < 1.29 is 8.91 Å². The van der Waals surface area contributed by atoms with Crippen molar-refractivity contribution >= 4 is 0 Å². The van der Waals surface area contributed by atoms with Gasteiger partial charge in [-0.3, -0.25) is 4.90 Å². The van der Waals surface area contributed by atoms with E-state index in [1.54, 1.807) is 12.1 Å². The lowest BCUT2D eigenvalue weighted by Gasteiger charge is -2.37. The summed E-state index contributed by atoms with van der Waals surface area (Å²) in [5, 5.41) is 4.08. The fourth-order valence-electron chi connectivity index (χ4n) is 4.02. The number of piperidine rings is 1. The van der Waals surface area contributed by atoms with Gasteiger partial charge in [-0.25, -0.2) is 4.39 Å². The second kappa shape index (κ2) is 8.01. The van der Waals surface area contributed by atoms with Crippen LogP contribution in [0.5, 0.6) is 0 Å². The molecule has 2 heterocycles. The Labute approximate surface area is 159 Å². The lowest BCUT2D eigenvalue weighted by molar-refractivity contribution is 0.132. The second-order valence-corrected chi connectivity index (χ2v) is 7.14. The molecule has 5 heteroatoms. The van der Waals surface area contributed by atoms with Crippen LogP contribution in [-0.4, -0.2) is 28.1 Å². The van der Waals surface area contributed by atoms with Gasteiger partial charge in [0.25, 0.3) is 0 Å². The highest BCUT2D eigenvalue weighted by Crippen LogP contribution is 2.33. The van der Waals surface area contributed by atoms with E-state index < -0.39 is 0 Å². The van der Waals surface area contributed by atoms with Crippen LogP contribution in [0.25, 0.3) is 11.4 Å². The number of aromatic nitrogens is 2. The van der Waals surface area contributed by atoms with Crippen molar-refractivity contribution in [2.24, 2.45) is 0 Å². The number of halogens is 1. The van der Waals surface area contributed by atoms with Crippen LogP contribution in [0.2, 0.25) is 0 Å². The van der Waals surface area contributed by atoms with E-state index in [-0.39, 0.29) is 11.7 Å². The number of likely N-dealkylation sites (tertiary alicyclic amines) is 1. The molecule has 3 aromatic rings. The molecular formula is C22H24FN3O. The summed E-state index contributed by atoms with van der Waals surface area (Å²) in [6, 6.07) is 17.4. The van der Waals surface area contributed by atoms with E-state index in [0.29, 0.717) is 23.3 Å². The zero-order valence-electron chi connectivity index (χ0n) is 15.5. The first kappa shape index (κ1) is 17.9. The maximum atomic E-state index is 13.5. The van der Waals surface area contributed by atoms with E-state index in [9.17, 15) is 4.39 Å². The molecule has 4 rings (SSSR count). The average Bonchev–Trinajstić information content (AvgIpc) is 3.20. The molecule has 0 spiro atoms. The fourth-order valence-corrected chi connectivity index (χ4v) is 4.02.